The standard InChI is InChI=1S/C18H25ClN4O2S.C18H26N4O2S.C15H19ClN4O2S.C3H7Br.2CH4/c1-13(2)23(26(3,24)25)12-14-7-6-10-22(11-14)17-15-8-4-5-9-16(15)20-18(19)21-17;1-14(2)22(25(3,23)24)12-15-7-6-10-21(11-15)18-16-8-4-5-9-17(16)19-13-20-18;1-23(21,22)17-9-11-5-4-8-20(10-11)14-12-6-2-3-7-13(12)18-15(16)19-14;1-3(2)4;;/h4-5,8-9,13-14H,6-7,10-12H2,1-3H3;4-5,8-9,13-15H,6-7,10-12H2,1-3H3;2-3,6-7,11,17H,4-5,8-10H2,1H3;3H,1-2H3;2*1H4. The van der Waals surface area contributed by atoms with Gasteiger partial charge in [0.1, 0.15) is 23.8 Å². The maximum atomic E-state index is 12.1. The van der Waals surface area contributed by atoms with Crippen molar-refractivity contribution in [1.29, 1.82) is 0 Å². The second kappa shape index (κ2) is 31.0. The van der Waals surface area contributed by atoms with E-state index in [4.69, 9.17) is 23.2 Å². The molecule has 0 bridgehead atoms. The number of benzene rings is 3. The first-order chi connectivity index (χ1) is 36.8. The molecule has 3 aromatic heterocycles. The van der Waals surface area contributed by atoms with Gasteiger partial charge in [-0.1, -0.05) is 81.0 Å². The number of nitrogens with zero attached hydrogens (tertiary/aromatic N) is 11. The Morgan fingerprint density at radius 2 is 0.900 bits per heavy atom. The van der Waals surface area contributed by atoms with Crippen molar-refractivity contribution in [1.82, 2.24) is 43.2 Å². The molecule has 3 aromatic carbocycles. The van der Waals surface area contributed by atoms with E-state index in [1.807, 2.05) is 100 Å². The van der Waals surface area contributed by atoms with E-state index in [0.717, 1.165) is 128 Å². The molecule has 18 nitrogen and oxygen atoms in total. The zero-order valence-electron chi connectivity index (χ0n) is 46.3. The molecule has 3 aliphatic heterocycles. The third-order valence-corrected chi connectivity index (χ3v) is 17.5. The number of fused-ring (bicyclic) bond motifs is 3. The number of aromatic nitrogens is 6. The van der Waals surface area contributed by atoms with Crippen LogP contribution in [0.1, 0.15) is 94.9 Å². The second-order valence-corrected chi connectivity index (χ2v) is 29.4. The Morgan fingerprint density at radius 1 is 0.550 bits per heavy atom. The fraction of sp³-hybridized carbons (Fsp3) is 0.571. The van der Waals surface area contributed by atoms with Gasteiger partial charge in [0, 0.05) is 92.0 Å². The molecule has 9 rings (SSSR count). The molecule has 1 N–H and O–H groups in total. The summed E-state index contributed by atoms with van der Waals surface area (Å²) < 4.78 is 76.7. The van der Waals surface area contributed by atoms with Gasteiger partial charge in [-0.2, -0.15) is 18.6 Å². The van der Waals surface area contributed by atoms with Gasteiger partial charge in [-0.25, -0.2) is 49.9 Å². The van der Waals surface area contributed by atoms with E-state index >= 15 is 0 Å². The van der Waals surface area contributed by atoms with Crippen LogP contribution in [0, 0.1) is 17.8 Å². The topological polar surface area (TPSA) is 208 Å². The molecule has 3 aliphatic rings. The van der Waals surface area contributed by atoms with Crippen LogP contribution in [0.3, 0.4) is 0 Å². The van der Waals surface area contributed by atoms with Crippen molar-refractivity contribution in [3.8, 4) is 0 Å². The van der Waals surface area contributed by atoms with E-state index < -0.39 is 30.1 Å². The van der Waals surface area contributed by atoms with Crippen LogP contribution in [-0.2, 0) is 30.1 Å². The number of hydrogen-bond acceptors (Lipinski definition) is 15. The molecule has 80 heavy (non-hydrogen) atoms. The number of alkyl halides is 1. The average molecular weight is 1270 g/mol. The van der Waals surface area contributed by atoms with Crippen LogP contribution >= 0.6 is 39.1 Å². The Morgan fingerprint density at radius 3 is 1.29 bits per heavy atom. The summed E-state index contributed by atoms with van der Waals surface area (Å²) in [7, 11) is -9.57. The molecule has 3 unspecified atom stereocenters. The van der Waals surface area contributed by atoms with Crippen LogP contribution in [-0.4, -0.2) is 158 Å². The van der Waals surface area contributed by atoms with Crippen LogP contribution in [0.5, 0.6) is 0 Å². The van der Waals surface area contributed by atoms with E-state index in [0.29, 0.717) is 30.4 Å². The molecule has 3 fully saturated rings. The number of halogens is 3. The summed E-state index contributed by atoms with van der Waals surface area (Å²) in [5.74, 6) is 3.43. The number of hydrogen-bond donors (Lipinski definition) is 1. The quantitative estimate of drug-likeness (QED) is 0.0795. The number of nitrogens with one attached hydrogen (secondary N) is 1. The normalized spacial score (nSPS) is 18.1. The molecule has 444 valence electrons. The lowest BCUT2D eigenvalue weighted by Crippen LogP contribution is -2.45. The predicted molar refractivity (Wildman–Crippen MR) is 337 cm³/mol. The van der Waals surface area contributed by atoms with E-state index in [1.165, 1.54) is 18.8 Å². The van der Waals surface area contributed by atoms with Crippen molar-refractivity contribution in [2.24, 2.45) is 17.8 Å². The summed E-state index contributed by atoms with van der Waals surface area (Å²) in [6.07, 6.45) is 11.4. The Balaban J connectivity index is 0.000000247. The molecule has 0 radical (unpaired) electrons. The van der Waals surface area contributed by atoms with Crippen molar-refractivity contribution in [2.75, 3.05) is 92.4 Å². The number of sulfonamides is 3. The maximum Gasteiger partial charge on any atom is 0.224 e. The molecule has 24 heteroatoms. The second-order valence-electron chi connectivity index (χ2n) is 21.2. The van der Waals surface area contributed by atoms with Crippen LogP contribution in [0.15, 0.2) is 79.1 Å². The summed E-state index contributed by atoms with van der Waals surface area (Å²) in [6.45, 7) is 18.4. The lowest BCUT2D eigenvalue weighted by molar-refractivity contribution is 0.277. The molecule has 3 saturated heterocycles. The molecule has 0 spiro atoms. The molecular weight excluding hydrogens is 1180 g/mol. The minimum atomic E-state index is -3.22. The van der Waals surface area contributed by atoms with Crippen LogP contribution in [0.2, 0.25) is 10.6 Å². The summed E-state index contributed by atoms with van der Waals surface area (Å²) >= 11 is 15.5. The Hall–Kier alpha value is -4.13. The van der Waals surface area contributed by atoms with Crippen molar-refractivity contribution in [3.63, 3.8) is 0 Å². The van der Waals surface area contributed by atoms with E-state index in [-0.39, 0.29) is 49.3 Å². The number of piperidine rings is 3. The number of rotatable bonds is 14. The fourth-order valence-electron chi connectivity index (χ4n) is 10.3. The highest BCUT2D eigenvalue weighted by molar-refractivity contribution is 9.09. The first kappa shape index (κ1) is 68.4. The SMILES string of the molecule is C.C.CC(C)Br.CC(C)N(CC1CCCN(c2nc(Cl)nc3ccccc23)C1)S(C)(=O)=O.CC(C)N(CC1CCCN(c2ncnc3ccccc23)C1)S(C)(=O)=O.CS(=O)(=O)NCC1CCCN(c2nc(Cl)nc3ccccc23)C1. The van der Waals surface area contributed by atoms with Crippen molar-refractivity contribution in [3.05, 3.63) is 89.7 Å². The Bertz CT molecular complexity index is 3270. The van der Waals surface area contributed by atoms with Crippen LogP contribution in [0.25, 0.3) is 32.7 Å². The Kier molecular flexibility index (Phi) is 26.5. The lowest BCUT2D eigenvalue weighted by Gasteiger charge is -2.37. The highest BCUT2D eigenvalue weighted by atomic mass is 79.9. The summed E-state index contributed by atoms with van der Waals surface area (Å²) in [5.41, 5.74) is 2.58. The third-order valence-electron chi connectivity index (χ3n) is 13.6. The van der Waals surface area contributed by atoms with E-state index in [1.54, 1.807) is 14.9 Å². The van der Waals surface area contributed by atoms with Gasteiger partial charge in [0.2, 0.25) is 40.6 Å². The predicted octanol–water partition coefficient (Wildman–Crippen LogP) is 10.8. The van der Waals surface area contributed by atoms with Gasteiger partial charge in [0.05, 0.1) is 35.3 Å². The van der Waals surface area contributed by atoms with Gasteiger partial charge in [-0.3, -0.25) is 0 Å². The molecule has 6 heterocycles. The van der Waals surface area contributed by atoms with Gasteiger partial charge in [0.25, 0.3) is 0 Å². The van der Waals surface area contributed by atoms with Gasteiger partial charge in [-0.15, -0.1) is 0 Å². The zero-order chi connectivity index (χ0) is 57.0. The minimum absolute atomic E-state index is 0. The van der Waals surface area contributed by atoms with Crippen molar-refractivity contribution < 1.29 is 25.3 Å². The van der Waals surface area contributed by atoms with E-state index in [9.17, 15) is 25.3 Å². The molecule has 0 saturated carbocycles. The lowest BCUT2D eigenvalue weighted by atomic mass is 9.97. The minimum Gasteiger partial charge on any atom is -0.356 e. The highest BCUT2D eigenvalue weighted by Gasteiger charge is 2.31. The highest BCUT2D eigenvalue weighted by Crippen LogP contribution is 2.32. The summed E-state index contributed by atoms with van der Waals surface area (Å²) in [5, 5.41) is 3.46. The molecular formula is C56H85BrCl2N12O6S3. The van der Waals surface area contributed by atoms with Gasteiger partial charge < -0.3 is 14.7 Å². The third kappa shape index (κ3) is 20.3. The summed E-state index contributed by atoms with van der Waals surface area (Å²) in [6, 6.07) is 23.6. The van der Waals surface area contributed by atoms with E-state index in [2.05, 4.69) is 79.1 Å². The molecule has 0 amide bonds. The van der Waals surface area contributed by atoms with Crippen molar-refractivity contribution in [2.45, 2.75) is 112 Å². The van der Waals surface area contributed by atoms with Crippen LogP contribution < -0.4 is 19.4 Å². The fourth-order valence-corrected chi connectivity index (χ4v) is 13.6. The summed E-state index contributed by atoms with van der Waals surface area (Å²) in [4.78, 5) is 33.6. The first-order valence-corrected chi connectivity index (χ1v) is 33.8. The van der Waals surface area contributed by atoms with Gasteiger partial charge in [0.15, 0.2) is 0 Å². The number of para-hydroxylation sites is 3. The number of anilines is 3. The smallest absolute Gasteiger partial charge is 0.224 e. The molecule has 3 atom stereocenters. The zero-order valence-corrected chi connectivity index (χ0v) is 51.9. The first-order valence-electron chi connectivity index (χ1n) is 26.6. The molecule has 6 aromatic rings. The maximum absolute atomic E-state index is 12.1. The van der Waals surface area contributed by atoms with Gasteiger partial charge in [-0.05, 0) is 144 Å². The largest absolute Gasteiger partial charge is 0.356 e. The molecule has 0 aliphatic carbocycles. The Labute approximate surface area is 496 Å². The van der Waals surface area contributed by atoms with Crippen molar-refractivity contribution >= 4 is 119 Å². The monoisotopic (exact) mass is 1270 g/mol. The van der Waals surface area contributed by atoms with Crippen LogP contribution in [0.4, 0.5) is 17.5 Å². The van der Waals surface area contributed by atoms with Gasteiger partial charge >= 0.3 is 0 Å². The average Bonchev–Trinajstić information content (AvgIpc) is 3.38.